The Morgan fingerprint density at radius 3 is 2.66 bits per heavy atom. The van der Waals surface area contributed by atoms with Crippen LogP contribution in [0.4, 0.5) is 0 Å². The average molecular weight is 437 g/mol. The van der Waals surface area contributed by atoms with Gasteiger partial charge in [-0.25, -0.2) is 8.42 Å². The van der Waals surface area contributed by atoms with E-state index in [0.717, 1.165) is 5.56 Å². The van der Waals surface area contributed by atoms with Gasteiger partial charge in [0, 0.05) is 18.1 Å². The van der Waals surface area contributed by atoms with Crippen LogP contribution in [0, 0.1) is 5.92 Å². The van der Waals surface area contributed by atoms with Crippen LogP contribution in [0.15, 0.2) is 53.4 Å². The molecule has 0 unspecified atom stereocenters. The summed E-state index contributed by atoms with van der Waals surface area (Å²) in [5.41, 5.74) is 1.00. The van der Waals surface area contributed by atoms with Crippen molar-refractivity contribution in [2.24, 2.45) is 5.92 Å². The number of amides is 1. The lowest BCUT2D eigenvalue weighted by molar-refractivity contribution is -0.126. The van der Waals surface area contributed by atoms with Crippen molar-refractivity contribution in [2.45, 2.75) is 30.7 Å². The number of nitrogens with zero attached hydrogens (tertiary/aromatic N) is 1. The van der Waals surface area contributed by atoms with E-state index in [-0.39, 0.29) is 29.1 Å². The van der Waals surface area contributed by atoms with Crippen LogP contribution in [0.25, 0.3) is 0 Å². The molecule has 1 amide bonds. The Balaban J connectivity index is 1.75. The molecule has 1 heterocycles. The molecule has 0 aliphatic carbocycles. The van der Waals surface area contributed by atoms with Gasteiger partial charge in [-0.15, -0.1) is 0 Å². The predicted molar refractivity (Wildman–Crippen MR) is 112 cm³/mol. The number of hydrogen-bond donors (Lipinski definition) is 1. The van der Waals surface area contributed by atoms with E-state index < -0.39 is 15.9 Å². The van der Waals surface area contributed by atoms with Crippen LogP contribution in [0.2, 0.25) is 5.02 Å². The van der Waals surface area contributed by atoms with Gasteiger partial charge in [-0.2, -0.15) is 4.31 Å². The molecule has 0 aromatic heterocycles. The van der Waals surface area contributed by atoms with Gasteiger partial charge in [0.15, 0.2) is 0 Å². The summed E-state index contributed by atoms with van der Waals surface area (Å²) in [5, 5.41) is 3.32. The van der Waals surface area contributed by atoms with Gasteiger partial charge in [0.1, 0.15) is 10.6 Å². The highest BCUT2D eigenvalue weighted by atomic mass is 35.5. The molecule has 3 rings (SSSR count). The third kappa shape index (κ3) is 4.91. The first kappa shape index (κ1) is 21.6. The molecule has 8 heteroatoms. The van der Waals surface area contributed by atoms with Gasteiger partial charge in [0.25, 0.3) is 0 Å². The first-order valence-corrected chi connectivity index (χ1v) is 11.3. The summed E-state index contributed by atoms with van der Waals surface area (Å²) in [6.45, 7) is 2.41. The third-order valence-electron chi connectivity index (χ3n) is 5.16. The molecule has 2 atom stereocenters. The molecule has 2 aromatic carbocycles. The molecule has 0 saturated carbocycles. The first-order chi connectivity index (χ1) is 13.8. The lowest BCUT2D eigenvalue weighted by atomic mass is 9.98. The number of methoxy groups -OCH3 is 1. The number of sulfonamides is 1. The normalized spacial score (nSPS) is 18.8. The van der Waals surface area contributed by atoms with E-state index >= 15 is 0 Å². The van der Waals surface area contributed by atoms with Crippen molar-refractivity contribution in [2.75, 3.05) is 20.2 Å². The second-order valence-electron chi connectivity index (χ2n) is 7.14. The van der Waals surface area contributed by atoms with E-state index in [1.165, 1.54) is 23.5 Å². The van der Waals surface area contributed by atoms with Crippen molar-refractivity contribution < 1.29 is 17.9 Å². The van der Waals surface area contributed by atoms with Gasteiger partial charge < -0.3 is 10.1 Å². The Morgan fingerprint density at radius 1 is 1.24 bits per heavy atom. The minimum atomic E-state index is -3.83. The van der Waals surface area contributed by atoms with E-state index in [1.807, 2.05) is 37.3 Å². The van der Waals surface area contributed by atoms with Crippen molar-refractivity contribution in [1.29, 1.82) is 0 Å². The highest BCUT2D eigenvalue weighted by molar-refractivity contribution is 7.89. The molecule has 1 fully saturated rings. The zero-order valence-electron chi connectivity index (χ0n) is 16.5. The molecule has 1 aliphatic heterocycles. The second kappa shape index (κ2) is 9.15. The molecule has 1 aliphatic rings. The number of halogens is 1. The fourth-order valence-electron chi connectivity index (χ4n) is 3.52. The van der Waals surface area contributed by atoms with E-state index in [9.17, 15) is 13.2 Å². The van der Waals surface area contributed by atoms with Crippen LogP contribution in [0.5, 0.6) is 5.75 Å². The minimum Gasteiger partial charge on any atom is -0.495 e. The SMILES string of the molecule is COc1ccc(Cl)cc1S(=O)(=O)N1CCC[C@@H](C(=O)N[C@@H](C)c2ccccc2)C1. The van der Waals surface area contributed by atoms with Gasteiger partial charge in [-0.1, -0.05) is 41.9 Å². The molecule has 1 N–H and O–H groups in total. The Labute approximate surface area is 176 Å². The standard InChI is InChI=1S/C21H25ClN2O4S/c1-15(16-7-4-3-5-8-16)23-21(25)17-9-6-12-24(14-17)29(26,27)20-13-18(22)10-11-19(20)28-2/h3-5,7-8,10-11,13,15,17H,6,9,12,14H2,1-2H3,(H,23,25)/t15-,17+/m0/s1. The highest BCUT2D eigenvalue weighted by Crippen LogP contribution is 2.32. The molecule has 29 heavy (non-hydrogen) atoms. The molecule has 156 valence electrons. The topological polar surface area (TPSA) is 75.7 Å². The molecular weight excluding hydrogens is 412 g/mol. The largest absolute Gasteiger partial charge is 0.495 e. The number of ether oxygens (including phenoxy) is 1. The van der Waals surface area contributed by atoms with E-state index in [1.54, 1.807) is 6.07 Å². The maximum Gasteiger partial charge on any atom is 0.246 e. The molecule has 0 bridgehead atoms. The number of carbonyl (C=O) groups excluding carboxylic acids is 1. The Hall–Kier alpha value is -2.09. The van der Waals surface area contributed by atoms with Crippen molar-refractivity contribution >= 4 is 27.5 Å². The summed E-state index contributed by atoms with van der Waals surface area (Å²) < 4.78 is 32.9. The summed E-state index contributed by atoms with van der Waals surface area (Å²) in [6, 6.07) is 14.0. The monoisotopic (exact) mass is 436 g/mol. The lowest BCUT2D eigenvalue weighted by Gasteiger charge is -2.32. The summed E-state index contributed by atoms with van der Waals surface area (Å²) in [4.78, 5) is 12.8. The summed E-state index contributed by atoms with van der Waals surface area (Å²) in [6.07, 6.45) is 1.26. The average Bonchev–Trinajstić information content (AvgIpc) is 2.74. The molecule has 6 nitrogen and oxygen atoms in total. The summed E-state index contributed by atoms with van der Waals surface area (Å²) >= 11 is 6.01. The molecule has 2 aromatic rings. The van der Waals surface area contributed by atoms with Crippen LogP contribution >= 0.6 is 11.6 Å². The molecule has 1 saturated heterocycles. The number of carbonyl (C=O) groups is 1. The quantitative estimate of drug-likeness (QED) is 0.750. The van der Waals surface area contributed by atoms with Crippen LogP contribution in [-0.2, 0) is 14.8 Å². The van der Waals surface area contributed by atoms with Crippen LogP contribution in [0.3, 0.4) is 0 Å². The van der Waals surface area contributed by atoms with Crippen LogP contribution < -0.4 is 10.1 Å². The van der Waals surface area contributed by atoms with Gasteiger partial charge in [0.05, 0.1) is 19.1 Å². The maximum atomic E-state index is 13.2. The number of piperidine rings is 1. The smallest absolute Gasteiger partial charge is 0.246 e. The van der Waals surface area contributed by atoms with Gasteiger partial charge in [-0.05, 0) is 43.5 Å². The zero-order chi connectivity index (χ0) is 21.0. The molecule has 0 spiro atoms. The summed E-state index contributed by atoms with van der Waals surface area (Å²) in [5.74, 6) is -0.312. The summed E-state index contributed by atoms with van der Waals surface area (Å²) in [7, 11) is -2.41. The van der Waals surface area contributed by atoms with E-state index in [0.29, 0.717) is 24.4 Å². The Bertz CT molecular complexity index is 966. The van der Waals surface area contributed by atoms with Crippen molar-refractivity contribution in [1.82, 2.24) is 9.62 Å². The number of rotatable bonds is 6. The first-order valence-electron chi connectivity index (χ1n) is 9.52. The van der Waals surface area contributed by atoms with Crippen LogP contribution in [-0.4, -0.2) is 38.8 Å². The van der Waals surface area contributed by atoms with Crippen molar-refractivity contribution in [3.63, 3.8) is 0 Å². The van der Waals surface area contributed by atoms with E-state index in [4.69, 9.17) is 16.3 Å². The number of benzene rings is 2. The van der Waals surface area contributed by atoms with E-state index in [2.05, 4.69) is 5.32 Å². The lowest BCUT2D eigenvalue weighted by Crippen LogP contribution is -2.45. The zero-order valence-corrected chi connectivity index (χ0v) is 18.0. The van der Waals surface area contributed by atoms with Crippen LogP contribution in [0.1, 0.15) is 31.4 Å². The van der Waals surface area contributed by atoms with Gasteiger partial charge in [0.2, 0.25) is 15.9 Å². The molecule has 0 radical (unpaired) electrons. The Kier molecular flexibility index (Phi) is 6.82. The van der Waals surface area contributed by atoms with Crippen molar-refractivity contribution in [3.8, 4) is 5.75 Å². The maximum absolute atomic E-state index is 13.2. The van der Waals surface area contributed by atoms with Gasteiger partial charge >= 0.3 is 0 Å². The highest BCUT2D eigenvalue weighted by Gasteiger charge is 2.35. The number of hydrogen-bond acceptors (Lipinski definition) is 4. The fraction of sp³-hybridized carbons (Fsp3) is 0.381. The van der Waals surface area contributed by atoms with Crippen molar-refractivity contribution in [3.05, 3.63) is 59.1 Å². The number of nitrogens with one attached hydrogen (secondary N) is 1. The predicted octanol–water partition coefficient (Wildman–Crippen LogP) is 3.63. The molecular formula is C21H25ClN2O4S. The van der Waals surface area contributed by atoms with Gasteiger partial charge in [-0.3, -0.25) is 4.79 Å². The third-order valence-corrected chi connectivity index (χ3v) is 7.28. The Morgan fingerprint density at radius 2 is 1.97 bits per heavy atom. The minimum absolute atomic E-state index is 0.0196. The second-order valence-corrected chi connectivity index (χ2v) is 9.48. The fourth-order valence-corrected chi connectivity index (χ4v) is 5.46.